The molecule has 34 heavy (non-hydrogen) atoms. The van der Waals surface area contributed by atoms with Crippen molar-refractivity contribution in [2.45, 2.75) is 60.0 Å². The first-order valence-electron chi connectivity index (χ1n) is 11.9. The Morgan fingerprint density at radius 1 is 1.15 bits per heavy atom. The van der Waals surface area contributed by atoms with Crippen LogP contribution in [0.25, 0.3) is 11.0 Å². The van der Waals surface area contributed by atoms with E-state index in [9.17, 15) is 14.7 Å². The van der Waals surface area contributed by atoms with Gasteiger partial charge in [-0.3, -0.25) is 4.79 Å². The first-order valence-corrected chi connectivity index (χ1v) is 12.6. The zero-order chi connectivity index (χ0) is 24.8. The van der Waals surface area contributed by atoms with E-state index in [4.69, 9.17) is 4.98 Å². The average Bonchev–Trinajstić information content (AvgIpc) is 3.14. The maximum atomic E-state index is 12.7. The van der Waals surface area contributed by atoms with Gasteiger partial charge in [-0.2, -0.15) is 12.6 Å². The number of thiol groups is 1. The molecule has 1 unspecified atom stereocenters. The fraction of sp³-hybridized carbons (Fsp3) is 0.444. The van der Waals surface area contributed by atoms with Crippen LogP contribution in [-0.4, -0.2) is 32.3 Å². The van der Waals surface area contributed by atoms with Crippen LogP contribution in [-0.2, 0) is 24.3 Å². The summed E-state index contributed by atoms with van der Waals surface area (Å²) in [5, 5.41) is 12.3. The van der Waals surface area contributed by atoms with E-state index >= 15 is 0 Å². The lowest BCUT2D eigenvalue weighted by atomic mass is 9.98. The third-order valence-electron chi connectivity index (χ3n) is 6.01. The van der Waals surface area contributed by atoms with Crippen LogP contribution in [0.4, 0.5) is 0 Å². The third-order valence-corrected chi connectivity index (χ3v) is 6.45. The van der Waals surface area contributed by atoms with Crippen LogP contribution in [0, 0.1) is 18.8 Å². The summed E-state index contributed by atoms with van der Waals surface area (Å²) in [5.41, 5.74) is 5.40. The number of carbonyl (C=O) groups excluding carboxylic acids is 1. The highest BCUT2D eigenvalue weighted by atomic mass is 32.1. The van der Waals surface area contributed by atoms with Gasteiger partial charge in [0.2, 0.25) is 5.91 Å². The Hall–Kier alpha value is -2.80. The number of fused-ring (bicyclic) bond motifs is 1. The summed E-state index contributed by atoms with van der Waals surface area (Å²) in [5.74, 6) is 1.01. The molecule has 6 nitrogen and oxygen atoms in total. The number of carboxylic acids is 1. The van der Waals surface area contributed by atoms with Gasteiger partial charge < -0.3 is 15.0 Å². The fourth-order valence-electron chi connectivity index (χ4n) is 4.31. The van der Waals surface area contributed by atoms with E-state index in [1.807, 2.05) is 12.1 Å². The van der Waals surface area contributed by atoms with E-state index in [-0.39, 0.29) is 17.4 Å². The van der Waals surface area contributed by atoms with Gasteiger partial charge in [-0.25, -0.2) is 9.78 Å². The van der Waals surface area contributed by atoms with Crippen LogP contribution in [0.15, 0.2) is 36.4 Å². The van der Waals surface area contributed by atoms with Gasteiger partial charge in [0.25, 0.3) is 0 Å². The maximum absolute atomic E-state index is 12.7. The Balaban J connectivity index is 1.90. The number of aromatic carboxylic acids is 1. The van der Waals surface area contributed by atoms with Crippen molar-refractivity contribution >= 4 is 35.5 Å². The van der Waals surface area contributed by atoms with Crippen LogP contribution in [0.2, 0.25) is 0 Å². The minimum absolute atomic E-state index is 0.0418. The summed E-state index contributed by atoms with van der Waals surface area (Å²) in [6.07, 6.45) is 2.65. The lowest BCUT2D eigenvalue weighted by Crippen LogP contribution is -2.32. The van der Waals surface area contributed by atoms with E-state index in [2.05, 4.69) is 62.3 Å². The molecule has 0 aliphatic carbocycles. The Labute approximate surface area is 207 Å². The van der Waals surface area contributed by atoms with E-state index in [1.54, 1.807) is 12.1 Å². The molecule has 0 saturated carbocycles. The lowest BCUT2D eigenvalue weighted by molar-refractivity contribution is -0.124. The highest BCUT2D eigenvalue weighted by Gasteiger charge is 2.19. The van der Waals surface area contributed by atoms with Crippen molar-refractivity contribution in [3.63, 3.8) is 0 Å². The molecule has 1 aromatic heterocycles. The number of nitrogens with zero attached hydrogens (tertiary/aromatic N) is 2. The first kappa shape index (κ1) is 25.8. The van der Waals surface area contributed by atoms with Crippen LogP contribution in [0.1, 0.15) is 66.5 Å². The summed E-state index contributed by atoms with van der Waals surface area (Å²) in [6.45, 7) is 9.49. The Kier molecular flexibility index (Phi) is 8.78. The Morgan fingerprint density at radius 3 is 2.44 bits per heavy atom. The van der Waals surface area contributed by atoms with Gasteiger partial charge in [0.05, 0.1) is 16.6 Å². The van der Waals surface area contributed by atoms with Crippen LogP contribution in [0.5, 0.6) is 0 Å². The monoisotopic (exact) mass is 481 g/mol. The molecule has 7 heteroatoms. The minimum Gasteiger partial charge on any atom is -0.478 e. The standard InChI is InChI=1S/C27H35N3O3S/c1-5-6-24-29-25-18(4)12-20(14-28-26(31)22(16-34)11-17(2)3)13-23(25)30(24)15-19-7-9-21(10-8-19)27(32)33/h7-10,12-13,17,22,34H,5-6,11,14-16H2,1-4H3,(H,28,31)(H,32,33). The number of carboxylic acid groups (broad SMARTS) is 1. The molecule has 3 rings (SSSR count). The van der Waals surface area contributed by atoms with Crippen molar-refractivity contribution in [1.29, 1.82) is 0 Å². The van der Waals surface area contributed by atoms with Crippen LogP contribution >= 0.6 is 12.6 Å². The highest BCUT2D eigenvalue weighted by Crippen LogP contribution is 2.25. The molecule has 182 valence electrons. The number of rotatable bonds is 11. The molecule has 3 aromatic rings. The second-order valence-corrected chi connectivity index (χ2v) is 9.74. The molecule has 0 saturated heterocycles. The number of hydrogen-bond donors (Lipinski definition) is 3. The number of imidazole rings is 1. The van der Waals surface area contributed by atoms with Gasteiger partial charge in [0, 0.05) is 31.2 Å². The molecule has 2 N–H and O–H groups in total. The largest absolute Gasteiger partial charge is 0.478 e. The number of nitrogens with one attached hydrogen (secondary N) is 1. The maximum Gasteiger partial charge on any atom is 0.335 e. The van der Waals surface area contributed by atoms with Crippen LogP contribution < -0.4 is 5.32 Å². The summed E-state index contributed by atoms with van der Waals surface area (Å²) >= 11 is 4.37. The molecule has 0 spiro atoms. The van der Waals surface area contributed by atoms with E-state index in [1.165, 1.54) is 0 Å². The van der Waals surface area contributed by atoms with Gasteiger partial charge in [-0.15, -0.1) is 0 Å². The van der Waals surface area contributed by atoms with Crippen LogP contribution in [0.3, 0.4) is 0 Å². The molecule has 1 heterocycles. The summed E-state index contributed by atoms with van der Waals surface area (Å²) < 4.78 is 2.21. The van der Waals surface area contributed by atoms with Crippen molar-refractivity contribution in [2.24, 2.45) is 11.8 Å². The second kappa shape index (κ2) is 11.6. The van der Waals surface area contributed by atoms with Crippen molar-refractivity contribution in [1.82, 2.24) is 14.9 Å². The minimum atomic E-state index is -0.929. The quantitative estimate of drug-likeness (QED) is 0.327. The fourth-order valence-corrected chi connectivity index (χ4v) is 4.62. The Morgan fingerprint density at radius 2 is 1.85 bits per heavy atom. The molecule has 1 amide bonds. The second-order valence-electron chi connectivity index (χ2n) is 9.37. The molecular formula is C27H35N3O3S. The zero-order valence-electron chi connectivity index (χ0n) is 20.5. The molecule has 0 fully saturated rings. The van der Waals surface area contributed by atoms with E-state index < -0.39 is 5.97 Å². The normalized spacial score (nSPS) is 12.3. The van der Waals surface area contributed by atoms with Gasteiger partial charge in [-0.1, -0.05) is 39.0 Å². The SMILES string of the molecule is CCCc1nc2c(C)cc(CNC(=O)C(CS)CC(C)C)cc2n1Cc1ccc(C(=O)O)cc1. The molecule has 2 aromatic carbocycles. The van der Waals surface area contributed by atoms with Crippen molar-refractivity contribution in [3.05, 3.63) is 64.5 Å². The summed E-state index contributed by atoms with van der Waals surface area (Å²) in [6, 6.07) is 11.2. The molecule has 0 aliphatic rings. The predicted octanol–water partition coefficient (Wildman–Crippen LogP) is 5.25. The van der Waals surface area contributed by atoms with Gasteiger partial charge in [0.1, 0.15) is 5.82 Å². The number of hydrogen-bond acceptors (Lipinski definition) is 4. The zero-order valence-corrected chi connectivity index (χ0v) is 21.4. The van der Waals surface area contributed by atoms with E-state index in [0.29, 0.717) is 24.8 Å². The van der Waals surface area contributed by atoms with Gasteiger partial charge in [-0.05, 0) is 60.6 Å². The highest BCUT2D eigenvalue weighted by molar-refractivity contribution is 7.80. The number of aryl methyl sites for hydroxylation is 2. The van der Waals surface area contributed by atoms with Crippen molar-refractivity contribution in [2.75, 3.05) is 5.75 Å². The number of amides is 1. The molecular weight excluding hydrogens is 446 g/mol. The average molecular weight is 482 g/mol. The number of benzene rings is 2. The molecule has 0 bridgehead atoms. The molecule has 0 aliphatic heterocycles. The lowest BCUT2D eigenvalue weighted by Gasteiger charge is -2.17. The number of carbonyl (C=O) groups is 2. The van der Waals surface area contributed by atoms with Crippen molar-refractivity contribution < 1.29 is 14.7 Å². The summed E-state index contributed by atoms with van der Waals surface area (Å²) in [4.78, 5) is 28.8. The Bertz CT molecular complexity index is 1150. The molecule has 1 atom stereocenters. The third kappa shape index (κ3) is 6.20. The predicted molar refractivity (Wildman–Crippen MR) is 140 cm³/mol. The number of aromatic nitrogens is 2. The van der Waals surface area contributed by atoms with Gasteiger partial charge in [0.15, 0.2) is 0 Å². The van der Waals surface area contributed by atoms with Crippen molar-refractivity contribution in [3.8, 4) is 0 Å². The smallest absolute Gasteiger partial charge is 0.335 e. The topological polar surface area (TPSA) is 84.2 Å². The first-order chi connectivity index (χ1) is 16.2. The van der Waals surface area contributed by atoms with Gasteiger partial charge >= 0.3 is 5.97 Å². The molecule has 0 radical (unpaired) electrons. The van der Waals surface area contributed by atoms with E-state index in [0.717, 1.165) is 52.8 Å². The summed E-state index contributed by atoms with van der Waals surface area (Å²) in [7, 11) is 0.